The molecule has 0 aliphatic carbocycles. The summed E-state index contributed by atoms with van der Waals surface area (Å²) in [6, 6.07) is 15.1. The number of hydrogen-bond acceptors (Lipinski definition) is 3. The van der Waals surface area contributed by atoms with Gasteiger partial charge >= 0.3 is 0 Å². The zero-order valence-corrected chi connectivity index (χ0v) is 15.9. The lowest BCUT2D eigenvalue weighted by atomic mass is 9.95. The van der Waals surface area contributed by atoms with E-state index in [1.165, 1.54) is 12.5 Å². The van der Waals surface area contributed by atoms with Gasteiger partial charge in [-0.05, 0) is 42.5 Å². The minimum Gasteiger partial charge on any atom is -0.484 e. The molecular weight excluding hydrogens is 326 g/mol. The Morgan fingerprint density at radius 1 is 1.08 bits per heavy atom. The van der Waals surface area contributed by atoms with Crippen molar-refractivity contribution in [2.24, 2.45) is 5.92 Å². The first-order valence-corrected chi connectivity index (χ1v) is 9.02. The van der Waals surface area contributed by atoms with Gasteiger partial charge in [0.05, 0.1) is 6.04 Å². The molecule has 1 N–H and O–H groups in total. The molecule has 4 heteroatoms. The highest BCUT2D eigenvalue weighted by Crippen LogP contribution is 2.22. The number of nitrogens with one attached hydrogen (secondary N) is 1. The monoisotopic (exact) mass is 353 g/mol. The Kier molecular flexibility index (Phi) is 6.96. The van der Waals surface area contributed by atoms with Crippen LogP contribution in [0.5, 0.6) is 5.75 Å². The molecule has 0 aliphatic heterocycles. The van der Waals surface area contributed by atoms with E-state index in [1.807, 2.05) is 0 Å². The normalized spacial score (nSPS) is 11.9. The maximum Gasteiger partial charge on any atom is 0.258 e. The van der Waals surface area contributed by atoms with Crippen LogP contribution in [0.2, 0.25) is 0 Å². The van der Waals surface area contributed by atoms with Crippen LogP contribution < -0.4 is 10.1 Å². The molecule has 2 rings (SSSR count). The summed E-state index contributed by atoms with van der Waals surface area (Å²) >= 11 is 0. The fraction of sp³-hybridized carbons (Fsp3) is 0.364. The Labute approximate surface area is 155 Å². The summed E-state index contributed by atoms with van der Waals surface area (Å²) in [5.41, 5.74) is 2.93. The highest BCUT2D eigenvalue weighted by atomic mass is 16.5. The Morgan fingerprint density at radius 3 is 2.35 bits per heavy atom. The van der Waals surface area contributed by atoms with Crippen molar-refractivity contribution in [1.29, 1.82) is 0 Å². The van der Waals surface area contributed by atoms with Crippen LogP contribution in [0.15, 0.2) is 48.5 Å². The fourth-order valence-corrected chi connectivity index (χ4v) is 2.76. The van der Waals surface area contributed by atoms with Gasteiger partial charge in [-0.1, -0.05) is 57.2 Å². The van der Waals surface area contributed by atoms with E-state index in [0.717, 1.165) is 12.0 Å². The average molecular weight is 353 g/mol. The van der Waals surface area contributed by atoms with E-state index < -0.39 is 0 Å². The van der Waals surface area contributed by atoms with Crippen LogP contribution >= 0.6 is 0 Å². The first-order valence-electron chi connectivity index (χ1n) is 9.02. The number of amides is 1. The molecule has 0 saturated heterocycles. The van der Waals surface area contributed by atoms with Gasteiger partial charge in [-0.25, -0.2) is 0 Å². The van der Waals surface area contributed by atoms with Crippen molar-refractivity contribution in [2.45, 2.75) is 40.2 Å². The predicted octanol–water partition coefficient (Wildman–Crippen LogP) is 4.34. The predicted molar refractivity (Wildman–Crippen MR) is 103 cm³/mol. The van der Waals surface area contributed by atoms with Gasteiger partial charge in [-0.15, -0.1) is 0 Å². The van der Waals surface area contributed by atoms with Crippen molar-refractivity contribution in [3.8, 4) is 5.75 Å². The average Bonchev–Trinajstić information content (AvgIpc) is 2.64. The lowest BCUT2D eigenvalue weighted by molar-refractivity contribution is -0.124. The number of rotatable bonds is 8. The number of ketones is 1. The maximum absolute atomic E-state index is 12.3. The number of carbonyl (C=O) groups is 2. The van der Waals surface area contributed by atoms with Crippen LogP contribution in [-0.4, -0.2) is 18.3 Å². The third kappa shape index (κ3) is 5.45. The molecule has 1 unspecified atom stereocenters. The van der Waals surface area contributed by atoms with Gasteiger partial charge in [-0.3, -0.25) is 9.59 Å². The van der Waals surface area contributed by atoms with E-state index in [9.17, 15) is 9.59 Å². The lowest BCUT2D eigenvalue weighted by Crippen LogP contribution is -2.35. The largest absolute Gasteiger partial charge is 0.484 e. The van der Waals surface area contributed by atoms with Crippen molar-refractivity contribution >= 4 is 11.7 Å². The molecule has 0 radical (unpaired) electrons. The Bertz CT molecular complexity index is 750. The minimum atomic E-state index is -0.184. The maximum atomic E-state index is 12.3. The summed E-state index contributed by atoms with van der Waals surface area (Å²) in [5, 5.41) is 3.05. The van der Waals surface area contributed by atoms with Crippen molar-refractivity contribution in [2.75, 3.05) is 6.61 Å². The van der Waals surface area contributed by atoms with Crippen LogP contribution in [-0.2, 0) is 11.2 Å². The molecule has 26 heavy (non-hydrogen) atoms. The number of aryl methyl sites for hydroxylation is 1. The van der Waals surface area contributed by atoms with Gasteiger partial charge in [0.15, 0.2) is 12.4 Å². The fourth-order valence-electron chi connectivity index (χ4n) is 2.76. The molecule has 2 aromatic carbocycles. The van der Waals surface area contributed by atoms with E-state index in [2.05, 4.69) is 50.4 Å². The van der Waals surface area contributed by atoms with E-state index in [-0.39, 0.29) is 30.3 Å². The van der Waals surface area contributed by atoms with E-state index >= 15 is 0 Å². The second-order valence-electron chi connectivity index (χ2n) is 6.76. The summed E-state index contributed by atoms with van der Waals surface area (Å²) < 4.78 is 5.55. The summed E-state index contributed by atoms with van der Waals surface area (Å²) in [4.78, 5) is 23.8. The van der Waals surface area contributed by atoms with Crippen molar-refractivity contribution in [3.63, 3.8) is 0 Å². The van der Waals surface area contributed by atoms with Gasteiger partial charge in [-0.2, -0.15) is 0 Å². The van der Waals surface area contributed by atoms with Crippen LogP contribution in [0.1, 0.15) is 55.2 Å². The van der Waals surface area contributed by atoms with Crippen molar-refractivity contribution < 1.29 is 14.3 Å². The molecule has 0 heterocycles. The molecule has 2 aromatic rings. The first kappa shape index (κ1) is 19.7. The highest BCUT2D eigenvalue weighted by molar-refractivity contribution is 5.94. The smallest absolute Gasteiger partial charge is 0.258 e. The Hall–Kier alpha value is -2.62. The number of ether oxygens (including phenoxy) is 1. The summed E-state index contributed by atoms with van der Waals surface area (Å²) in [7, 11) is 0. The van der Waals surface area contributed by atoms with Crippen molar-refractivity contribution in [1.82, 2.24) is 5.32 Å². The quantitative estimate of drug-likeness (QED) is 0.718. The summed E-state index contributed by atoms with van der Waals surface area (Å²) in [6.45, 7) is 7.70. The molecule has 1 atom stereocenters. The molecule has 0 spiro atoms. The Morgan fingerprint density at radius 2 is 1.77 bits per heavy atom. The first-order chi connectivity index (χ1) is 12.4. The molecule has 1 amide bonds. The van der Waals surface area contributed by atoms with Crippen LogP contribution in [0.3, 0.4) is 0 Å². The lowest BCUT2D eigenvalue weighted by Gasteiger charge is -2.23. The molecule has 138 valence electrons. The minimum absolute atomic E-state index is 0.0321. The number of hydrogen-bond donors (Lipinski definition) is 1. The van der Waals surface area contributed by atoms with Crippen LogP contribution in [0.4, 0.5) is 0 Å². The second-order valence-corrected chi connectivity index (χ2v) is 6.76. The molecule has 4 nitrogen and oxygen atoms in total. The zero-order valence-electron chi connectivity index (χ0n) is 15.9. The van der Waals surface area contributed by atoms with Gasteiger partial charge in [0.1, 0.15) is 5.75 Å². The molecule has 0 aromatic heterocycles. The highest BCUT2D eigenvalue weighted by Gasteiger charge is 2.18. The zero-order chi connectivity index (χ0) is 19.1. The SMILES string of the molecule is CCc1ccc(C(NC(=O)COc2cccc(C(C)=O)c2)C(C)C)cc1. The van der Waals surface area contributed by atoms with E-state index in [4.69, 9.17) is 4.74 Å². The van der Waals surface area contributed by atoms with Gasteiger partial charge < -0.3 is 10.1 Å². The molecule has 0 aliphatic rings. The molecule has 0 saturated carbocycles. The van der Waals surface area contributed by atoms with Crippen molar-refractivity contribution in [3.05, 3.63) is 65.2 Å². The van der Waals surface area contributed by atoms with E-state index in [1.54, 1.807) is 24.3 Å². The van der Waals surface area contributed by atoms with E-state index in [0.29, 0.717) is 11.3 Å². The summed E-state index contributed by atoms with van der Waals surface area (Å²) in [5.74, 6) is 0.556. The third-order valence-corrected chi connectivity index (χ3v) is 4.34. The second kappa shape index (κ2) is 9.18. The van der Waals surface area contributed by atoms with Gasteiger partial charge in [0.25, 0.3) is 5.91 Å². The van der Waals surface area contributed by atoms with Gasteiger partial charge in [0, 0.05) is 5.56 Å². The molecular formula is C22H27NO3. The van der Waals surface area contributed by atoms with Crippen LogP contribution in [0.25, 0.3) is 0 Å². The number of Topliss-reactive ketones (excluding diaryl/α,β-unsaturated/α-hetero) is 1. The molecule has 0 bridgehead atoms. The molecule has 0 fully saturated rings. The number of carbonyl (C=O) groups excluding carboxylic acids is 2. The standard InChI is InChI=1S/C22H27NO3/c1-5-17-9-11-18(12-10-17)22(15(2)3)23-21(25)14-26-20-8-6-7-19(13-20)16(4)24/h6-13,15,22H,5,14H2,1-4H3,(H,23,25). The third-order valence-electron chi connectivity index (χ3n) is 4.34. The topological polar surface area (TPSA) is 55.4 Å². The summed E-state index contributed by atoms with van der Waals surface area (Å²) in [6.07, 6.45) is 0.992. The van der Waals surface area contributed by atoms with Gasteiger partial charge in [0.2, 0.25) is 0 Å². The number of benzene rings is 2. The van der Waals surface area contributed by atoms with Crippen LogP contribution in [0, 0.1) is 5.92 Å². The Balaban J connectivity index is 1.99.